The van der Waals surface area contributed by atoms with Crippen LogP contribution in [0.15, 0.2) is 0 Å². The highest BCUT2D eigenvalue weighted by atomic mass is 32.5. The Morgan fingerprint density at radius 3 is 1.76 bits per heavy atom. The van der Waals surface area contributed by atoms with Crippen LogP contribution in [-0.2, 0) is 29.9 Å². The van der Waals surface area contributed by atoms with Crippen molar-refractivity contribution in [2.75, 3.05) is 26.4 Å². The predicted octanol–water partition coefficient (Wildman–Crippen LogP) is 4.89. The molecule has 0 aromatic carbocycles. The molecule has 0 N–H and O–H groups in total. The minimum absolute atomic E-state index is 0.167. The van der Waals surface area contributed by atoms with Crippen molar-refractivity contribution in [2.24, 2.45) is 0 Å². The van der Waals surface area contributed by atoms with Gasteiger partial charge in [-0.3, -0.25) is 0 Å². The van der Waals surface area contributed by atoms with E-state index >= 15 is 0 Å². The van der Waals surface area contributed by atoms with E-state index in [9.17, 15) is 0 Å². The molecule has 0 aromatic heterocycles. The molecule has 1 atom stereocenters. The van der Waals surface area contributed by atoms with E-state index in [0.717, 1.165) is 19.3 Å². The van der Waals surface area contributed by atoms with Crippen LogP contribution in [0, 0.1) is 0 Å². The molecule has 0 aliphatic heterocycles. The highest BCUT2D eigenvalue weighted by molar-refractivity contribution is 8.15. The van der Waals surface area contributed by atoms with Crippen LogP contribution in [-0.4, -0.2) is 39.4 Å². The van der Waals surface area contributed by atoms with Gasteiger partial charge in [0, 0.05) is 0 Å². The summed E-state index contributed by atoms with van der Waals surface area (Å²) in [6.45, 7) is 9.32. The van der Waals surface area contributed by atoms with Crippen LogP contribution >= 0.6 is 14.1 Å². The van der Waals surface area contributed by atoms with Crippen LogP contribution in [0.25, 0.3) is 0 Å². The molecule has 0 fully saturated rings. The minimum atomic E-state index is -2.59. The van der Waals surface area contributed by atoms with Gasteiger partial charge in [-0.15, -0.1) is 0 Å². The summed E-state index contributed by atoms with van der Waals surface area (Å²) >= 11 is 5.77. The fraction of sp³-hybridized carbons (Fsp3) is 1.00. The van der Waals surface area contributed by atoms with Crippen molar-refractivity contribution in [3.63, 3.8) is 0 Å². The molecule has 21 heavy (non-hydrogen) atoms. The fourth-order valence-corrected chi connectivity index (χ4v) is 10.0. The Morgan fingerprint density at radius 1 is 0.952 bits per heavy atom. The van der Waals surface area contributed by atoms with E-state index in [1.54, 1.807) is 0 Å². The highest BCUT2D eigenvalue weighted by Crippen LogP contribution is 2.76. The van der Waals surface area contributed by atoms with Crippen LogP contribution in [0.1, 0.15) is 53.9 Å². The summed E-state index contributed by atoms with van der Waals surface area (Å²) in [4.78, 5) is 0. The van der Waals surface area contributed by atoms with Gasteiger partial charge in [-0.05, 0) is 52.3 Å². The van der Waals surface area contributed by atoms with Crippen LogP contribution in [0.3, 0.4) is 0 Å². The molecule has 4 nitrogen and oxygen atoms in total. The summed E-state index contributed by atoms with van der Waals surface area (Å²) in [5.41, 5.74) is 0. The summed E-state index contributed by atoms with van der Waals surface area (Å²) in [6.07, 6.45) is 2.88. The molecule has 0 aliphatic carbocycles. The van der Waals surface area contributed by atoms with E-state index in [4.69, 9.17) is 37.5 Å². The number of unbranched alkanes of at least 4 members (excludes halogenated alkanes) is 1. The van der Waals surface area contributed by atoms with Crippen molar-refractivity contribution in [1.82, 2.24) is 0 Å². The van der Waals surface area contributed by atoms with Gasteiger partial charge in [0.15, 0.2) is 5.40 Å². The standard InChI is InChI=1S/C13H30BO4P2S/c1-6-11-12-13(19(14,15-7-2)16-8-3)20(21,17-9-4)18-10-5/h13H,6-12H2,1-5H3/q+1. The van der Waals surface area contributed by atoms with Crippen LogP contribution in [0.4, 0.5) is 0 Å². The molecular weight excluding hydrogens is 325 g/mol. The van der Waals surface area contributed by atoms with Gasteiger partial charge in [-0.25, -0.2) is 9.05 Å². The smallest absolute Gasteiger partial charge is 0.327 e. The molecule has 0 aliphatic rings. The topological polar surface area (TPSA) is 36.9 Å². The minimum Gasteiger partial charge on any atom is -0.327 e. The first kappa shape index (κ1) is 22.0. The molecule has 0 bridgehead atoms. The van der Waals surface area contributed by atoms with Gasteiger partial charge in [0.1, 0.15) is 0 Å². The van der Waals surface area contributed by atoms with E-state index in [-0.39, 0.29) is 5.40 Å². The average Bonchev–Trinajstić information content (AvgIpc) is 2.40. The normalized spacial score (nSPS) is 14.3. The van der Waals surface area contributed by atoms with Gasteiger partial charge in [0.2, 0.25) is 14.1 Å². The van der Waals surface area contributed by atoms with Gasteiger partial charge in [-0.2, -0.15) is 0 Å². The Labute approximate surface area is 137 Å². The third-order valence-corrected chi connectivity index (χ3v) is 11.3. The Morgan fingerprint density at radius 2 is 1.43 bits per heavy atom. The molecule has 0 aromatic rings. The predicted molar refractivity (Wildman–Crippen MR) is 96.8 cm³/mol. The quantitative estimate of drug-likeness (QED) is 0.347. The molecule has 124 valence electrons. The first-order valence-corrected chi connectivity index (χ1v) is 12.3. The molecule has 0 saturated heterocycles. The Kier molecular flexibility index (Phi) is 12.0. The Hall–Kier alpha value is 0.985. The monoisotopic (exact) mass is 355 g/mol. The van der Waals surface area contributed by atoms with Crippen LogP contribution in [0.5, 0.6) is 0 Å². The zero-order valence-electron chi connectivity index (χ0n) is 14.0. The van der Waals surface area contributed by atoms with E-state index in [2.05, 4.69) is 6.92 Å². The van der Waals surface area contributed by atoms with Gasteiger partial charge < -0.3 is 9.05 Å². The third kappa shape index (κ3) is 6.95. The van der Waals surface area contributed by atoms with Gasteiger partial charge in [-0.1, -0.05) is 13.3 Å². The van der Waals surface area contributed by atoms with E-state index < -0.39 is 14.1 Å². The Bertz CT molecular complexity index is 305. The summed E-state index contributed by atoms with van der Waals surface area (Å²) in [7, 11) is 3.92. The molecule has 0 rings (SSSR count). The largest absolute Gasteiger partial charge is 0.445 e. The summed E-state index contributed by atoms with van der Waals surface area (Å²) in [6, 6.07) is 0. The van der Waals surface area contributed by atoms with Crippen molar-refractivity contribution in [2.45, 2.75) is 59.3 Å². The van der Waals surface area contributed by atoms with E-state index in [1.807, 2.05) is 27.7 Å². The second-order valence-electron chi connectivity index (χ2n) is 4.48. The number of hydrogen-bond donors (Lipinski definition) is 0. The molecule has 0 saturated carbocycles. The number of rotatable bonds is 13. The summed E-state index contributed by atoms with van der Waals surface area (Å²) in [5.74, 6) is 0. The first-order valence-electron chi connectivity index (χ1n) is 7.79. The molecule has 2 radical (unpaired) electrons. The first-order chi connectivity index (χ1) is 9.94. The van der Waals surface area contributed by atoms with Crippen molar-refractivity contribution in [3.8, 4) is 0 Å². The lowest BCUT2D eigenvalue weighted by Crippen LogP contribution is -2.22. The second kappa shape index (κ2) is 11.5. The maximum absolute atomic E-state index is 6.52. The molecule has 1 unspecified atom stereocenters. The average molecular weight is 355 g/mol. The third-order valence-electron chi connectivity index (χ3n) is 2.88. The van der Waals surface area contributed by atoms with Crippen molar-refractivity contribution in [3.05, 3.63) is 0 Å². The van der Waals surface area contributed by atoms with Crippen molar-refractivity contribution in [1.29, 1.82) is 0 Å². The lowest BCUT2D eigenvalue weighted by Gasteiger charge is -2.35. The lowest BCUT2D eigenvalue weighted by molar-refractivity contribution is 0.240. The fourth-order valence-electron chi connectivity index (χ4n) is 2.10. The highest BCUT2D eigenvalue weighted by Gasteiger charge is 2.54. The molecule has 0 spiro atoms. The molecular formula is C13H30BO4P2S+. The SMILES string of the molecule is [B][P+](OCC)(OCC)C(CCCC)P(=S)(OCC)OCC. The van der Waals surface area contributed by atoms with Crippen LogP contribution < -0.4 is 0 Å². The van der Waals surface area contributed by atoms with Crippen molar-refractivity contribution < 1.29 is 18.1 Å². The summed E-state index contributed by atoms with van der Waals surface area (Å²) in [5, 5.41) is -0.167. The number of hydrogen-bond acceptors (Lipinski definition) is 5. The van der Waals surface area contributed by atoms with Crippen molar-refractivity contribution >= 4 is 33.5 Å². The van der Waals surface area contributed by atoms with Crippen LogP contribution in [0.2, 0.25) is 0 Å². The zero-order chi connectivity index (χ0) is 16.4. The van der Waals surface area contributed by atoms with E-state index in [0.29, 0.717) is 26.4 Å². The maximum Gasteiger partial charge on any atom is 0.445 e. The van der Waals surface area contributed by atoms with Gasteiger partial charge in [0.05, 0.1) is 26.4 Å². The van der Waals surface area contributed by atoms with Gasteiger partial charge >= 0.3 is 7.57 Å². The zero-order valence-corrected chi connectivity index (χ0v) is 16.6. The lowest BCUT2D eigenvalue weighted by atomic mass is 10.3. The van der Waals surface area contributed by atoms with E-state index in [1.165, 1.54) is 0 Å². The molecule has 0 heterocycles. The maximum atomic E-state index is 6.52. The Balaban J connectivity index is 5.50. The molecule has 0 amide bonds. The summed E-state index contributed by atoms with van der Waals surface area (Å²) < 4.78 is 23.4. The van der Waals surface area contributed by atoms with Gasteiger partial charge in [0.25, 0.3) is 0 Å². The second-order valence-corrected chi connectivity index (χ2v) is 11.1. The molecule has 8 heteroatoms.